The molecule has 2 N–H and O–H groups in total. The van der Waals surface area contributed by atoms with E-state index in [0.717, 1.165) is 32.1 Å². The van der Waals surface area contributed by atoms with Crippen molar-refractivity contribution < 1.29 is 0 Å². The lowest BCUT2D eigenvalue weighted by Gasteiger charge is -2.09. The topological polar surface area (TPSA) is 51.8 Å². The number of hydrogen-bond acceptors (Lipinski definition) is 4. The normalized spacial score (nSPS) is 10.9. The maximum absolute atomic E-state index is 6.27. The molecule has 20 heavy (non-hydrogen) atoms. The molecule has 3 aromatic rings. The maximum Gasteiger partial charge on any atom is 0.101 e. The first-order valence-electron chi connectivity index (χ1n) is 6.39. The zero-order valence-electron chi connectivity index (χ0n) is 11.4. The number of anilines is 1. The van der Waals surface area contributed by atoms with Crippen LogP contribution in [-0.4, -0.2) is 9.97 Å². The highest BCUT2D eigenvalue weighted by Gasteiger charge is 2.07. The summed E-state index contributed by atoms with van der Waals surface area (Å²) in [5.74, 6) is 0. The van der Waals surface area contributed by atoms with Crippen molar-refractivity contribution in [3.05, 3.63) is 54.0 Å². The smallest absolute Gasteiger partial charge is 0.101 e. The zero-order valence-corrected chi connectivity index (χ0v) is 12.2. The van der Waals surface area contributed by atoms with Crippen LogP contribution in [0.4, 0.5) is 5.69 Å². The molecule has 3 rings (SSSR count). The van der Waals surface area contributed by atoms with E-state index < -0.39 is 0 Å². The number of nitrogens with zero attached hydrogens (tertiary/aromatic N) is 2. The number of nitrogen functional groups attached to an aromatic ring is 1. The number of aromatic nitrogens is 2. The molecule has 0 unspecified atom stereocenters. The van der Waals surface area contributed by atoms with Gasteiger partial charge in [-0.2, -0.15) is 0 Å². The molecule has 3 nitrogen and oxygen atoms in total. The molecule has 0 amide bonds. The number of hydrogen-bond donors (Lipinski definition) is 1. The summed E-state index contributed by atoms with van der Waals surface area (Å²) in [5.41, 5.74) is 9.29. The summed E-state index contributed by atoms with van der Waals surface area (Å²) in [5, 5.41) is 3.07. The van der Waals surface area contributed by atoms with Crippen molar-refractivity contribution >= 4 is 28.2 Å². The summed E-state index contributed by atoms with van der Waals surface area (Å²) in [6.45, 7) is 4.08. The highest BCUT2D eigenvalue weighted by atomic mass is 32.2. The Labute approximate surface area is 122 Å². The van der Waals surface area contributed by atoms with Crippen LogP contribution >= 0.6 is 11.8 Å². The number of rotatable bonds is 2. The van der Waals surface area contributed by atoms with Gasteiger partial charge >= 0.3 is 0 Å². The summed E-state index contributed by atoms with van der Waals surface area (Å²) < 4.78 is 0. The van der Waals surface area contributed by atoms with Crippen molar-refractivity contribution in [2.45, 2.75) is 23.8 Å². The lowest BCUT2D eigenvalue weighted by atomic mass is 10.1. The van der Waals surface area contributed by atoms with Gasteiger partial charge in [-0.1, -0.05) is 17.8 Å². The van der Waals surface area contributed by atoms with Crippen molar-refractivity contribution in [2.75, 3.05) is 5.73 Å². The zero-order chi connectivity index (χ0) is 14.1. The molecule has 2 aromatic heterocycles. The average Bonchev–Trinajstić information content (AvgIpc) is 2.41. The second-order valence-corrected chi connectivity index (χ2v) is 5.86. The highest BCUT2D eigenvalue weighted by molar-refractivity contribution is 7.99. The summed E-state index contributed by atoms with van der Waals surface area (Å²) in [6.07, 6.45) is 3.59. The molecule has 2 heterocycles. The van der Waals surface area contributed by atoms with Crippen LogP contribution in [-0.2, 0) is 0 Å². The van der Waals surface area contributed by atoms with Gasteiger partial charge in [-0.25, -0.2) is 4.98 Å². The van der Waals surface area contributed by atoms with Crippen LogP contribution < -0.4 is 5.73 Å². The fraction of sp³-hybridized carbons (Fsp3) is 0.125. The van der Waals surface area contributed by atoms with Gasteiger partial charge in [0.2, 0.25) is 0 Å². The van der Waals surface area contributed by atoms with E-state index in [1.165, 1.54) is 5.56 Å². The quantitative estimate of drug-likeness (QED) is 0.722. The lowest BCUT2D eigenvalue weighted by Crippen LogP contribution is -1.92. The Bertz CT molecular complexity index is 764. The maximum atomic E-state index is 6.27. The van der Waals surface area contributed by atoms with E-state index in [2.05, 4.69) is 29.0 Å². The van der Waals surface area contributed by atoms with Gasteiger partial charge in [0.05, 0.1) is 5.69 Å². The van der Waals surface area contributed by atoms with Gasteiger partial charge in [0, 0.05) is 33.8 Å². The molecule has 0 spiro atoms. The van der Waals surface area contributed by atoms with E-state index in [1.807, 2.05) is 31.3 Å². The van der Waals surface area contributed by atoms with Crippen LogP contribution in [0, 0.1) is 13.8 Å². The van der Waals surface area contributed by atoms with E-state index in [0.29, 0.717) is 0 Å². The van der Waals surface area contributed by atoms with Crippen molar-refractivity contribution in [2.24, 2.45) is 0 Å². The molecule has 0 bridgehead atoms. The molecule has 1 aromatic carbocycles. The van der Waals surface area contributed by atoms with E-state index >= 15 is 0 Å². The molecule has 0 saturated carbocycles. The first kappa shape index (κ1) is 12.9. The first-order chi connectivity index (χ1) is 9.63. The average molecular weight is 281 g/mol. The van der Waals surface area contributed by atoms with Gasteiger partial charge < -0.3 is 5.73 Å². The molecule has 0 atom stereocenters. The molecule has 0 aliphatic rings. The van der Waals surface area contributed by atoms with E-state index in [-0.39, 0.29) is 0 Å². The predicted molar refractivity (Wildman–Crippen MR) is 84.0 cm³/mol. The largest absolute Gasteiger partial charge is 0.397 e. The minimum Gasteiger partial charge on any atom is -0.397 e. The van der Waals surface area contributed by atoms with Gasteiger partial charge in [-0.3, -0.25) is 4.98 Å². The molecular formula is C16H15N3S. The third-order valence-corrected chi connectivity index (χ3v) is 4.10. The summed E-state index contributed by atoms with van der Waals surface area (Å²) >= 11 is 1.60. The van der Waals surface area contributed by atoms with E-state index in [1.54, 1.807) is 18.0 Å². The van der Waals surface area contributed by atoms with E-state index in [4.69, 9.17) is 5.73 Å². The number of pyridine rings is 2. The van der Waals surface area contributed by atoms with Crippen LogP contribution in [0.25, 0.3) is 10.8 Å². The lowest BCUT2D eigenvalue weighted by molar-refractivity contribution is 1.05. The van der Waals surface area contributed by atoms with Crippen molar-refractivity contribution in [1.29, 1.82) is 0 Å². The Kier molecular flexibility index (Phi) is 3.32. The SMILES string of the molecule is Cc1cc(C)nc(Sc2ccc3cnccc3c2N)c1. The molecule has 100 valence electrons. The standard InChI is InChI=1S/C16H15N3S/c1-10-7-11(2)19-15(8-10)20-14-4-3-12-9-18-6-5-13(12)16(14)17/h3-9H,17H2,1-2H3. The van der Waals surface area contributed by atoms with Gasteiger partial charge in [-0.05, 0) is 43.7 Å². The van der Waals surface area contributed by atoms with Crippen LogP contribution in [0.1, 0.15) is 11.3 Å². The molecule has 0 saturated heterocycles. The molecule has 0 aliphatic carbocycles. The Balaban J connectivity index is 2.04. The van der Waals surface area contributed by atoms with Crippen molar-refractivity contribution in [1.82, 2.24) is 9.97 Å². The summed E-state index contributed by atoms with van der Waals surface area (Å²) in [6, 6.07) is 10.2. The Morgan fingerprint density at radius 2 is 1.95 bits per heavy atom. The van der Waals surface area contributed by atoms with Crippen LogP contribution in [0.2, 0.25) is 0 Å². The summed E-state index contributed by atoms with van der Waals surface area (Å²) in [4.78, 5) is 9.69. The number of nitrogens with two attached hydrogens (primary N) is 1. The Hall–Kier alpha value is -2.07. The van der Waals surface area contributed by atoms with Crippen LogP contribution in [0.3, 0.4) is 0 Å². The molecule has 0 fully saturated rings. The van der Waals surface area contributed by atoms with Crippen LogP contribution in [0.15, 0.2) is 52.6 Å². The summed E-state index contributed by atoms with van der Waals surface area (Å²) in [7, 11) is 0. The van der Waals surface area contributed by atoms with Gasteiger partial charge in [0.25, 0.3) is 0 Å². The minimum atomic E-state index is 0.788. The molecule has 4 heteroatoms. The Morgan fingerprint density at radius 3 is 2.75 bits per heavy atom. The third kappa shape index (κ3) is 2.47. The molecule has 0 radical (unpaired) electrons. The second kappa shape index (κ2) is 5.13. The highest BCUT2D eigenvalue weighted by Crippen LogP contribution is 2.35. The Morgan fingerprint density at radius 1 is 1.10 bits per heavy atom. The van der Waals surface area contributed by atoms with Crippen molar-refractivity contribution in [3.8, 4) is 0 Å². The number of benzene rings is 1. The van der Waals surface area contributed by atoms with Gasteiger partial charge in [0.1, 0.15) is 5.03 Å². The van der Waals surface area contributed by atoms with E-state index in [9.17, 15) is 0 Å². The second-order valence-electron chi connectivity index (χ2n) is 4.80. The van der Waals surface area contributed by atoms with Gasteiger partial charge in [-0.15, -0.1) is 0 Å². The predicted octanol–water partition coefficient (Wildman–Crippen LogP) is 3.98. The molecule has 0 aliphatic heterocycles. The monoisotopic (exact) mass is 281 g/mol. The fourth-order valence-electron chi connectivity index (χ4n) is 2.23. The number of aryl methyl sites for hydroxylation is 2. The van der Waals surface area contributed by atoms with Crippen LogP contribution in [0.5, 0.6) is 0 Å². The minimum absolute atomic E-state index is 0.788. The third-order valence-electron chi connectivity index (χ3n) is 3.11. The van der Waals surface area contributed by atoms with Crippen molar-refractivity contribution in [3.63, 3.8) is 0 Å². The van der Waals surface area contributed by atoms with Gasteiger partial charge in [0.15, 0.2) is 0 Å². The molecular weight excluding hydrogens is 266 g/mol. The fourth-order valence-corrected chi connectivity index (χ4v) is 3.25. The first-order valence-corrected chi connectivity index (χ1v) is 7.20. The number of fused-ring (bicyclic) bond motifs is 1.